The predicted octanol–water partition coefficient (Wildman–Crippen LogP) is 2.73. The number of thiocarbonyl (C=S) groups is 1. The van der Waals surface area contributed by atoms with Crippen LogP contribution in [0.25, 0.3) is 0 Å². The molecule has 0 aliphatic heterocycles. The Bertz CT molecular complexity index is 472. The zero-order valence-corrected chi connectivity index (χ0v) is 12.3. The molecule has 5 heteroatoms. The van der Waals surface area contributed by atoms with E-state index in [4.69, 9.17) is 22.7 Å². The second-order valence-corrected chi connectivity index (χ2v) is 5.46. The number of ether oxygens (including phenoxy) is 1. The Hall–Kier alpha value is -1.62. The van der Waals surface area contributed by atoms with Crippen LogP contribution in [0.2, 0.25) is 0 Å². The summed E-state index contributed by atoms with van der Waals surface area (Å²) in [5.41, 5.74) is 6.10. The van der Waals surface area contributed by atoms with Crippen LogP contribution in [0.4, 0.5) is 5.69 Å². The molecule has 4 nitrogen and oxygen atoms in total. The van der Waals surface area contributed by atoms with Gasteiger partial charge in [0.25, 0.3) is 0 Å². The van der Waals surface area contributed by atoms with Crippen LogP contribution in [0, 0.1) is 5.41 Å². The summed E-state index contributed by atoms with van der Waals surface area (Å²) in [4.78, 5) is 11.6. The molecule has 0 saturated heterocycles. The van der Waals surface area contributed by atoms with Crippen LogP contribution in [-0.4, -0.2) is 17.5 Å². The summed E-state index contributed by atoms with van der Waals surface area (Å²) in [6.45, 7) is 5.92. The van der Waals surface area contributed by atoms with Gasteiger partial charge >= 0.3 is 0 Å². The van der Waals surface area contributed by atoms with Crippen LogP contribution in [0.3, 0.4) is 0 Å². The molecule has 1 amide bonds. The number of anilines is 1. The molecule has 0 radical (unpaired) electrons. The van der Waals surface area contributed by atoms with Crippen molar-refractivity contribution in [3.8, 4) is 5.75 Å². The minimum atomic E-state index is -0.238. The number of hydrogen-bond acceptors (Lipinski definition) is 3. The van der Waals surface area contributed by atoms with E-state index in [-0.39, 0.29) is 11.3 Å². The van der Waals surface area contributed by atoms with Crippen molar-refractivity contribution in [1.82, 2.24) is 0 Å². The van der Waals surface area contributed by atoms with E-state index >= 15 is 0 Å². The van der Waals surface area contributed by atoms with E-state index in [1.54, 1.807) is 6.07 Å². The Labute approximate surface area is 119 Å². The third-order valence-corrected chi connectivity index (χ3v) is 3.40. The SMILES string of the molecule is CC(=O)Nc1ccccc1OCCC(C)(C)C(N)=S. The standard InChI is InChI=1S/C14H20N2O2S/c1-10(17)16-11-6-4-5-7-12(11)18-9-8-14(2,3)13(15)19/h4-7H,8-9H2,1-3H3,(H2,15,19)(H,16,17). The highest BCUT2D eigenvalue weighted by molar-refractivity contribution is 7.80. The number of rotatable bonds is 6. The van der Waals surface area contributed by atoms with Crippen LogP contribution in [0.5, 0.6) is 5.75 Å². The number of hydrogen-bond donors (Lipinski definition) is 2. The maximum Gasteiger partial charge on any atom is 0.221 e. The summed E-state index contributed by atoms with van der Waals surface area (Å²) in [6, 6.07) is 7.32. The minimum Gasteiger partial charge on any atom is -0.491 e. The van der Waals surface area contributed by atoms with Crippen LogP contribution >= 0.6 is 12.2 Å². The predicted molar refractivity (Wildman–Crippen MR) is 81.4 cm³/mol. The summed E-state index contributed by atoms with van der Waals surface area (Å²) in [5, 5.41) is 2.73. The number of amides is 1. The van der Waals surface area contributed by atoms with Gasteiger partial charge in [0.2, 0.25) is 5.91 Å². The Morgan fingerprint density at radius 3 is 2.63 bits per heavy atom. The molecular weight excluding hydrogens is 260 g/mol. The van der Waals surface area contributed by atoms with E-state index in [1.807, 2.05) is 32.0 Å². The Balaban J connectivity index is 2.63. The molecule has 0 fully saturated rings. The fraction of sp³-hybridized carbons (Fsp3) is 0.429. The molecule has 104 valence electrons. The molecule has 3 N–H and O–H groups in total. The first kappa shape index (κ1) is 15.4. The molecule has 0 bridgehead atoms. The zero-order chi connectivity index (χ0) is 14.5. The van der Waals surface area contributed by atoms with Gasteiger partial charge in [0.05, 0.1) is 17.3 Å². The quantitative estimate of drug-likeness (QED) is 0.786. The van der Waals surface area contributed by atoms with Gasteiger partial charge in [-0.15, -0.1) is 0 Å². The fourth-order valence-corrected chi connectivity index (χ4v) is 1.53. The third kappa shape index (κ3) is 4.87. The molecule has 0 aliphatic carbocycles. The van der Waals surface area contributed by atoms with Gasteiger partial charge in [0.1, 0.15) is 5.75 Å². The van der Waals surface area contributed by atoms with Gasteiger partial charge in [-0.05, 0) is 18.6 Å². The van der Waals surface area contributed by atoms with Gasteiger partial charge < -0.3 is 15.8 Å². The van der Waals surface area contributed by atoms with Crippen LogP contribution in [0.15, 0.2) is 24.3 Å². The molecule has 0 spiro atoms. The van der Waals surface area contributed by atoms with Gasteiger partial charge in [-0.25, -0.2) is 0 Å². The first-order chi connectivity index (χ1) is 8.83. The smallest absolute Gasteiger partial charge is 0.221 e. The van der Waals surface area contributed by atoms with Crippen molar-refractivity contribution in [1.29, 1.82) is 0 Å². The fourth-order valence-electron chi connectivity index (χ4n) is 1.42. The molecule has 0 unspecified atom stereocenters. The number of carbonyl (C=O) groups is 1. The molecule has 0 aromatic heterocycles. The monoisotopic (exact) mass is 280 g/mol. The molecule has 1 rings (SSSR count). The van der Waals surface area contributed by atoms with Gasteiger partial charge in [-0.1, -0.05) is 38.2 Å². The normalized spacial score (nSPS) is 10.9. The summed E-state index contributed by atoms with van der Waals surface area (Å²) >= 11 is 5.01. The Kier molecular flexibility index (Phi) is 5.30. The van der Waals surface area contributed by atoms with E-state index in [1.165, 1.54) is 6.92 Å². The molecule has 0 aliphatic rings. The third-order valence-electron chi connectivity index (χ3n) is 2.85. The van der Waals surface area contributed by atoms with E-state index in [2.05, 4.69) is 5.32 Å². The van der Waals surface area contributed by atoms with E-state index < -0.39 is 0 Å². The largest absolute Gasteiger partial charge is 0.491 e. The first-order valence-corrected chi connectivity index (χ1v) is 6.53. The van der Waals surface area contributed by atoms with Crippen molar-refractivity contribution >= 4 is 28.8 Å². The van der Waals surface area contributed by atoms with Crippen LogP contribution in [0.1, 0.15) is 27.2 Å². The van der Waals surface area contributed by atoms with Crippen molar-refractivity contribution in [2.24, 2.45) is 11.1 Å². The van der Waals surface area contributed by atoms with Crippen LogP contribution < -0.4 is 15.8 Å². The summed E-state index contributed by atoms with van der Waals surface area (Å²) in [6.07, 6.45) is 0.719. The lowest BCUT2D eigenvalue weighted by Gasteiger charge is -2.23. The molecule has 19 heavy (non-hydrogen) atoms. The number of nitrogens with two attached hydrogens (primary N) is 1. The first-order valence-electron chi connectivity index (χ1n) is 6.12. The van der Waals surface area contributed by atoms with Crippen molar-refractivity contribution < 1.29 is 9.53 Å². The summed E-state index contributed by atoms with van der Waals surface area (Å²) in [7, 11) is 0. The molecule has 1 aromatic carbocycles. The van der Waals surface area contributed by atoms with Gasteiger partial charge in [-0.2, -0.15) is 0 Å². The molecule has 0 saturated carbocycles. The lowest BCUT2D eigenvalue weighted by Crippen LogP contribution is -2.31. The van der Waals surface area contributed by atoms with Crippen molar-refractivity contribution in [3.05, 3.63) is 24.3 Å². The molecule has 0 heterocycles. The second-order valence-electron chi connectivity index (χ2n) is 5.02. The zero-order valence-electron chi connectivity index (χ0n) is 11.5. The number of nitrogens with one attached hydrogen (secondary N) is 1. The van der Waals surface area contributed by atoms with Crippen molar-refractivity contribution in [3.63, 3.8) is 0 Å². The number of para-hydroxylation sites is 2. The molecular formula is C14H20N2O2S. The number of carbonyl (C=O) groups excluding carboxylic acids is 1. The second kappa shape index (κ2) is 6.52. The lowest BCUT2D eigenvalue weighted by atomic mass is 9.90. The average Bonchev–Trinajstić information content (AvgIpc) is 2.30. The average molecular weight is 280 g/mol. The van der Waals surface area contributed by atoms with Gasteiger partial charge in [0, 0.05) is 12.3 Å². The minimum absolute atomic E-state index is 0.125. The van der Waals surface area contributed by atoms with E-state index in [9.17, 15) is 4.79 Å². The Morgan fingerprint density at radius 1 is 1.42 bits per heavy atom. The summed E-state index contributed by atoms with van der Waals surface area (Å²) < 4.78 is 5.69. The Morgan fingerprint density at radius 2 is 2.05 bits per heavy atom. The number of benzene rings is 1. The van der Waals surface area contributed by atoms with E-state index in [0.29, 0.717) is 23.0 Å². The highest BCUT2D eigenvalue weighted by atomic mass is 32.1. The molecule has 0 atom stereocenters. The van der Waals surface area contributed by atoms with E-state index in [0.717, 1.165) is 6.42 Å². The lowest BCUT2D eigenvalue weighted by molar-refractivity contribution is -0.114. The summed E-state index contributed by atoms with van der Waals surface area (Å²) in [5.74, 6) is 0.524. The molecule has 1 aromatic rings. The van der Waals surface area contributed by atoms with Crippen molar-refractivity contribution in [2.75, 3.05) is 11.9 Å². The maximum absolute atomic E-state index is 11.1. The maximum atomic E-state index is 11.1. The van der Waals surface area contributed by atoms with Gasteiger partial charge in [0.15, 0.2) is 0 Å². The van der Waals surface area contributed by atoms with Crippen LogP contribution in [-0.2, 0) is 4.79 Å². The topological polar surface area (TPSA) is 64.3 Å². The highest BCUT2D eigenvalue weighted by Crippen LogP contribution is 2.26. The van der Waals surface area contributed by atoms with Gasteiger partial charge in [-0.3, -0.25) is 4.79 Å². The van der Waals surface area contributed by atoms with Crippen molar-refractivity contribution in [2.45, 2.75) is 27.2 Å². The highest BCUT2D eigenvalue weighted by Gasteiger charge is 2.21.